The first kappa shape index (κ1) is 21.5. The largest absolute Gasteiger partial charge is 0.495 e. The van der Waals surface area contributed by atoms with Gasteiger partial charge in [0.05, 0.1) is 36.1 Å². The minimum absolute atomic E-state index is 0.0148. The van der Waals surface area contributed by atoms with E-state index in [1.807, 2.05) is 30.3 Å². The number of methoxy groups -OCH3 is 1. The third-order valence-corrected chi connectivity index (χ3v) is 8.09. The molecule has 6 heteroatoms. The fourth-order valence-corrected chi connectivity index (χ4v) is 5.92. The van der Waals surface area contributed by atoms with Gasteiger partial charge in [-0.1, -0.05) is 12.1 Å². The number of carbonyl (C=O) groups is 1. The first-order valence-corrected chi connectivity index (χ1v) is 12.5. The Bertz CT molecular complexity index is 1250. The standard InChI is InChI=1S/C28H33N3O3/c1-18-17-31-24(19(2)34-18)16-21-22(8-9-25(33-3)26(21)31)29-27(32)20-6-4-5-7-23(20)30-14-12-28(10-11-28)13-15-30/h4-9,16,18-19H,10-15,17H2,1-3H3,(H,29,32). The highest BCUT2D eigenvalue weighted by atomic mass is 16.5. The third kappa shape index (κ3) is 3.56. The molecule has 3 aliphatic rings. The molecule has 0 bridgehead atoms. The smallest absolute Gasteiger partial charge is 0.257 e. The molecule has 3 aromatic rings. The fraction of sp³-hybridized carbons (Fsp3) is 0.464. The van der Waals surface area contributed by atoms with Crippen LogP contribution in [0, 0.1) is 5.41 Å². The summed E-state index contributed by atoms with van der Waals surface area (Å²) in [6, 6.07) is 14.0. The van der Waals surface area contributed by atoms with Crippen LogP contribution in [0.3, 0.4) is 0 Å². The first-order chi connectivity index (χ1) is 16.5. The molecule has 0 radical (unpaired) electrons. The number of carbonyl (C=O) groups excluding carboxylic acids is 1. The van der Waals surface area contributed by atoms with E-state index in [1.165, 1.54) is 25.7 Å². The minimum atomic E-state index is -0.0735. The normalized spacial score (nSPS) is 23.1. The van der Waals surface area contributed by atoms with E-state index in [2.05, 4.69) is 40.8 Å². The molecule has 2 unspecified atom stereocenters. The molecular weight excluding hydrogens is 426 g/mol. The van der Waals surface area contributed by atoms with Crippen LogP contribution in [0.5, 0.6) is 5.75 Å². The number of hydrogen-bond acceptors (Lipinski definition) is 4. The van der Waals surface area contributed by atoms with Gasteiger partial charge >= 0.3 is 0 Å². The summed E-state index contributed by atoms with van der Waals surface area (Å²) in [5, 5.41) is 4.21. The van der Waals surface area contributed by atoms with Crippen LogP contribution in [0.1, 0.15) is 61.7 Å². The van der Waals surface area contributed by atoms with Crippen LogP contribution in [-0.2, 0) is 11.3 Å². The number of nitrogens with one attached hydrogen (secondary N) is 1. The quantitative estimate of drug-likeness (QED) is 0.539. The van der Waals surface area contributed by atoms with E-state index >= 15 is 0 Å². The highest BCUT2D eigenvalue weighted by Crippen LogP contribution is 2.54. The predicted molar refractivity (Wildman–Crippen MR) is 135 cm³/mol. The number of fused-ring (bicyclic) bond motifs is 3. The third-order valence-electron chi connectivity index (χ3n) is 8.09. The van der Waals surface area contributed by atoms with Crippen molar-refractivity contribution in [1.29, 1.82) is 0 Å². The summed E-state index contributed by atoms with van der Waals surface area (Å²) in [4.78, 5) is 16.0. The van der Waals surface area contributed by atoms with Crippen molar-refractivity contribution in [3.8, 4) is 5.75 Å². The molecular formula is C28H33N3O3. The molecule has 6 rings (SSSR count). The van der Waals surface area contributed by atoms with Crippen LogP contribution in [0.25, 0.3) is 10.9 Å². The van der Waals surface area contributed by atoms with Gasteiger partial charge in [0.25, 0.3) is 5.91 Å². The number of anilines is 2. The van der Waals surface area contributed by atoms with Gasteiger partial charge in [-0.05, 0) is 75.3 Å². The summed E-state index contributed by atoms with van der Waals surface area (Å²) in [5.41, 5.74) is 5.29. The zero-order valence-electron chi connectivity index (χ0n) is 20.3. The average Bonchev–Trinajstić information content (AvgIpc) is 3.48. The molecule has 1 saturated heterocycles. The maximum Gasteiger partial charge on any atom is 0.257 e. The summed E-state index contributed by atoms with van der Waals surface area (Å²) >= 11 is 0. The first-order valence-electron chi connectivity index (χ1n) is 12.5. The number of amides is 1. The summed E-state index contributed by atoms with van der Waals surface area (Å²) in [5.74, 6) is 0.735. The molecule has 3 heterocycles. The van der Waals surface area contributed by atoms with Gasteiger partial charge in [-0.15, -0.1) is 0 Å². The van der Waals surface area contributed by atoms with E-state index in [0.29, 0.717) is 5.41 Å². The van der Waals surface area contributed by atoms with Gasteiger partial charge in [0.15, 0.2) is 0 Å². The SMILES string of the molecule is COc1ccc(NC(=O)c2ccccc2N2CCC3(CC2)CC3)c2cc3n(c12)CC(C)OC3C. The van der Waals surface area contributed by atoms with Crippen molar-refractivity contribution in [2.75, 3.05) is 30.4 Å². The lowest BCUT2D eigenvalue weighted by atomic mass is 9.93. The van der Waals surface area contributed by atoms with Gasteiger partial charge in [-0.3, -0.25) is 4.79 Å². The Labute approximate surface area is 200 Å². The number of hydrogen-bond donors (Lipinski definition) is 1. The van der Waals surface area contributed by atoms with Crippen molar-refractivity contribution in [2.45, 2.75) is 58.3 Å². The van der Waals surface area contributed by atoms with Crippen LogP contribution in [0.15, 0.2) is 42.5 Å². The maximum atomic E-state index is 13.6. The minimum Gasteiger partial charge on any atom is -0.495 e. The van der Waals surface area contributed by atoms with E-state index in [9.17, 15) is 4.79 Å². The molecule has 2 fully saturated rings. The number of para-hydroxylation sites is 1. The molecule has 1 N–H and O–H groups in total. The molecule has 2 aromatic carbocycles. The molecule has 6 nitrogen and oxygen atoms in total. The topological polar surface area (TPSA) is 55.7 Å². The predicted octanol–water partition coefficient (Wildman–Crippen LogP) is 5.76. The monoisotopic (exact) mass is 459 g/mol. The number of aromatic nitrogens is 1. The Hall–Kier alpha value is -2.99. The molecule has 34 heavy (non-hydrogen) atoms. The van der Waals surface area contributed by atoms with Gasteiger partial charge in [0.1, 0.15) is 5.75 Å². The van der Waals surface area contributed by atoms with Crippen LogP contribution in [0.4, 0.5) is 11.4 Å². The van der Waals surface area contributed by atoms with E-state index in [1.54, 1.807) is 7.11 Å². The lowest BCUT2D eigenvalue weighted by Gasteiger charge is -2.34. The lowest BCUT2D eigenvalue weighted by molar-refractivity contribution is -0.0257. The van der Waals surface area contributed by atoms with Crippen molar-refractivity contribution in [1.82, 2.24) is 4.57 Å². The van der Waals surface area contributed by atoms with Crippen molar-refractivity contribution >= 4 is 28.2 Å². The van der Waals surface area contributed by atoms with E-state index in [4.69, 9.17) is 9.47 Å². The Kier molecular flexibility index (Phi) is 5.10. The second-order valence-corrected chi connectivity index (χ2v) is 10.3. The number of piperidine rings is 1. The molecule has 1 aliphatic carbocycles. The van der Waals surface area contributed by atoms with Gasteiger partial charge < -0.3 is 24.3 Å². The Balaban J connectivity index is 1.34. The van der Waals surface area contributed by atoms with E-state index in [0.717, 1.165) is 58.9 Å². The van der Waals surface area contributed by atoms with Crippen molar-refractivity contribution < 1.29 is 14.3 Å². The molecule has 1 aromatic heterocycles. The van der Waals surface area contributed by atoms with Crippen molar-refractivity contribution in [2.24, 2.45) is 5.41 Å². The fourth-order valence-electron chi connectivity index (χ4n) is 5.92. The van der Waals surface area contributed by atoms with Crippen LogP contribution < -0.4 is 15.0 Å². The molecule has 1 spiro atoms. The van der Waals surface area contributed by atoms with Crippen LogP contribution in [0.2, 0.25) is 0 Å². The molecule has 1 amide bonds. The molecule has 2 aliphatic heterocycles. The summed E-state index contributed by atoms with van der Waals surface area (Å²) < 4.78 is 14.0. The van der Waals surface area contributed by atoms with Crippen LogP contribution in [-0.4, -0.2) is 36.8 Å². The summed E-state index contributed by atoms with van der Waals surface area (Å²) in [6.45, 7) is 6.98. The zero-order valence-corrected chi connectivity index (χ0v) is 20.3. The molecule has 2 atom stereocenters. The van der Waals surface area contributed by atoms with Crippen molar-refractivity contribution in [3.05, 3.63) is 53.7 Å². The molecule has 178 valence electrons. The Morgan fingerprint density at radius 1 is 1.09 bits per heavy atom. The Morgan fingerprint density at radius 3 is 2.59 bits per heavy atom. The molecule has 1 saturated carbocycles. The maximum absolute atomic E-state index is 13.6. The number of nitrogens with zero attached hydrogens (tertiary/aromatic N) is 2. The average molecular weight is 460 g/mol. The highest BCUT2D eigenvalue weighted by Gasteiger charge is 2.44. The number of rotatable bonds is 4. The number of benzene rings is 2. The van der Waals surface area contributed by atoms with Gasteiger partial charge in [0.2, 0.25) is 0 Å². The summed E-state index contributed by atoms with van der Waals surface area (Å²) in [6.07, 6.45) is 5.32. The number of ether oxygens (including phenoxy) is 2. The van der Waals surface area contributed by atoms with E-state index in [-0.39, 0.29) is 18.1 Å². The summed E-state index contributed by atoms with van der Waals surface area (Å²) in [7, 11) is 1.69. The van der Waals surface area contributed by atoms with Crippen LogP contribution >= 0.6 is 0 Å². The van der Waals surface area contributed by atoms with Gasteiger partial charge in [-0.2, -0.15) is 0 Å². The highest BCUT2D eigenvalue weighted by molar-refractivity contribution is 6.12. The van der Waals surface area contributed by atoms with Gasteiger partial charge in [0, 0.05) is 36.4 Å². The van der Waals surface area contributed by atoms with Gasteiger partial charge in [-0.25, -0.2) is 0 Å². The van der Waals surface area contributed by atoms with Crippen molar-refractivity contribution in [3.63, 3.8) is 0 Å². The lowest BCUT2D eigenvalue weighted by Crippen LogP contribution is -2.35. The second kappa shape index (κ2) is 8.05. The second-order valence-electron chi connectivity index (χ2n) is 10.3. The van der Waals surface area contributed by atoms with E-state index < -0.39 is 0 Å². The zero-order chi connectivity index (χ0) is 23.4. The Morgan fingerprint density at radius 2 is 1.85 bits per heavy atom.